The molecule has 0 spiro atoms. The van der Waals surface area contributed by atoms with Gasteiger partial charge in [-0.3, -0.25) is 9.59 Å². The molecule has 0 aliphatic carbocycles. The number of nitrogens with zero attached hydrogens (tertiary/aromatic N) is 1. The van der Waals surface area contributed by atoms with Gasteiger partial charge < -0.3 is 15.0 Å². The summed E-state index contributed by atoms with van der Waals surface area (Å²) in [7, 11) is 0. The standard InChI is InChI=1S/C26H36N2O3/c1-7-16-27-25(30)20(3)28(17-21-14-12-19(2)13-15-21)24(29)18-31-23-11-9-8-10-22(23)26(4,5)6/h8-15,20H,7,16-18H2,1-6H3,(H,27,30)/t20-/m1/s1. The molecular weight excluding hydrogens is 388 g/mol. The summed E-state index contributed by atoms with van der Waals surface area (Å²) in [6.07, 6.45) is 0.844. The summed E-state index contributed by atoms with van der Waals surface area (Å²) in [5.41, 5.74) is 3.07. The SMILES string of the molecule is CCCNC(=O)[C@@H](C)N(Cc1ccc(C)cc1)C(=O)COc1ccccc1C(C)(C)C. The largest absolute Gasteiger partial charge is 0.483 e. The Kier molecular flexibility index (Phi) is 8.66. The second-order valence-electron chi connectivity index (χ2n) is 9.01. The Hall–Kier alpha value is -2.82. The zero-order valence-corrected chi connectivity index (χ0v) is 19.7. The molecule has 0 saturated carbocycles. The first-order valence-corrected chi connectivity index (χ1v) is 11.0. The third-order valence-electron chi connectivity index (χ3n) is 5.24. The highest BCUT2D eigenvalue weighted by molar-refractivity contribution is 5.88. The molecule has 2 aromatic rings. The molecule has 0 radical (unpaired) electrons. The van der Waals surface area contributed by atoms with Gasteiger partial charge in [-0.1, -0.05) is 75.7 Å². The Morgan fingerprint density at radius 1 is 1.06 bits per heavy atom. The van der Waals surface area contributed by atoms with Crippen LogP contribution in [0.25, 0.3) is 0 Å². The minimum absolute atomic E-state index is 0.103. The number of nitrogens with one attached hydrogen (secondary N) is 1. The van der Waals surface area contributed by atoms with Crippen LogP contribution in [0.15, 0.2) is 48.5 Å². The first kappa shape index (κ1) is 24.4. The normalized spacial score (nSPS) is 12.2. The monoisotopic (exact) mass is 424 g/mol. The Morgan fingerprint density at radius 3 is 2.32 bits per heavy atom. The Balaban J connectivity index is 2.19. The fourth-order valence-corrected chi connectivity index (χ4v) is 3.30. The molecule has 0 fully saturated rings. The zero-order valence-electron chi connectivity index (χ0n) is 19.7. The Bertz CT molecular complexity index is 869. The summed E-state index contributed by atoms with van der Waals surface area (Å²) < 4.78 is 5.95. The predicted molar refractivity (Wildman–Crippen MR) is 125 cm³/mol. The van der Waals surface area contributed by atoms with Gasteiger partial charge in [0.15, 0.2) is 6.61 Å². The topological polar surface area (TPSA) is 58.6 Å². The first-order chi connectivity index (χ1) is 14.6. The van der Waals surface area contributed by atoms with E-state index in [1.807, 2.05) is 62.4 Å². The van der Waals surface area contributed by atoms with Crippen molar-refractivity contribution in [1.29, 1.82) is 0 Å². The van der Waals surface area contributed by atoms with E-state index in [4.69, 9.17) is 4.74 Å². The number of hydrogen-bond donors (Lipinski definition) is 1. The van der Waals surface area contributed by atoms with Gasteiger partial charge in [-0.2, -0.15) is 0 Å². The summed E-state index contributed by atoms with van der Waals surface area (Å²) >= 11 is 0. The summed E-state index contributed by atoms with van der Waals surface area (Å²) in [5, 5.41) is 2.89. The van der Waals surface area contributed by atoms with Crippen LogP contribution in [-0.4, -0.2) is 35.9 Å². The number of para-hydroxylation sites is 1. The molecule has 2 amide bonds. The molecule has 5 heteroatoms. The van der Waals surface area contributed by atoms with Crippen LogP contribution in [0.3, 0.4) is 0 Å². The number of carbonyl (C=O) groups excluding carboxylic acids is 2. The summed E-state index contributed by atoms with van der Waals surface area (Å²) in [5.74, 6) is 0.322. The molecule has 2 rings (SSSR count). The molecule has 5 nitrogen and oxygen atoms in total. The van der Waals surface area contributed by atoms with Gasteiger partial charge >= 0.3 is 0 Å². The van der Waals surface area contributed by atoms with Gasteiger partial charge in [0.1, 0.15) is 11.8 Å². The number of ether oxygens (including phenoxy) is 1. The minimum atomic E-state index is -0.596. The van der Waals surface area contributed by atoms with Crippen LogP contribution < -0.4 is 10.1 Å². The predicted octanol–water partition coefficient (Wildman–Crippen LogP) is 4.61. The molecule has 2 aromatic carbocycles. The van der Waals surface area contributed by atoms with Crippen LogP contribution in [0.1, 0.15) is 57.7 Å². The van der Waals surface area contributed by atoms with Gasteiger partial charge in [-0.15, -0.1) is 0 Å². The lowest BCUT2D eigenvalue weighted by molar-refractivity contribution is -0.142. The maximum absolute atomic E-state index is 13.2. The van der Waals surface area contributed by atoms with E-state index in [2.05, 4.69) is 26.1 Å². The van der Waals surface area contributed by atoms with Crippen LogP contribution >= 0.6 is 0 Å². The van der Waals surface area contributed by atoms with E-state index in [-0.39, 0.29) is 23.8 Å². The van der Waals surface area contributed by atoms with Crippen LogP contribution in [0, 0.1) is 6.92 Å². The fraction of sp³-hybridized carbons (Fsp3) is 0.462. The second-order valence-corrected chi connectivity index (χ2v) is 9.01. The van der Waals surface area contributed by atoms with Gasteiger partial charge in [-0.05, 0) is 42.9 Å². The number of carbonyl (C=O) groups is 2. The average molecular weight is 425 g/mol. The lowest BCUT2D eigenvalue weighted by atomic mass is 9.86. The van der Waals surface area contributed by atoms with Gasteiger partial charge in [0.05, 0.1) is 0 Å². The van der Waals surface area contributed by atoms with Crippen molar-refractivity contribution in [2.24, 2.45) is 0 Å². The van der Waals surface area contributed by atoms with E-state index < -0.39 is 6.04 Å². The Labute approximate surface area is 186 Å². The fourth-order valence-electron chi connectivity index (χ4n) is 3.30. The summed E-state index contributed by atoms with van der Waals surface area (Å²) in [6, 6.07) is 15.2. The third-order valence-corrected chi connectivity index (χ3v) is 5.24. The molecule has 0 heterocycles. The smallest absolute Gasteiger partial charge is 0.261 e. The van der Waals surface area contributed by atoms with E-state index in [1.54, 1.807) is 11.8 Å². The highest BCUT2D eigenvalue weighted by atomic mass is 16.5. The summed E-state index contributed by atoms with van der Waals surface area (Å²) in [4.78, 5) is 27.4. The van der Waals surface area contributed by atoms with E-state index in [9.17, 15) is 9.59 Å². The van der Waals surface area contributed by atoms with Crippen molar-refractivity contribution in [1.82, 2.24) is 10.2 Å². The van der Waals surface area contributed by atoms with Crippen molar-refractivity contribution in [2.45, 2.75) is 66.0 Å². The van der Waals surface area contributed by atoms with Crippen LogP contribution in [0.5, 0.6) is 5.75 Å². The second kappa shape index (κ2) is 11.0. The number of rotatable bonds is 9. The first-order valence-electron chi connectivity index (χ1n) is 11.0. The van der Waals surface area contributed by atoms with Crippen molar-refractivity contribution in [3.63, 3.8) is 0 Å². The molecular formula is C26H36N2O3. The third kappa shape index (κ3) is 7.12. The maximum atomic E-state index is 13.2. The number of benzene rings is 2. The highest BCUT2D eigenvalue weighted by Crippen LogP contribution is 2.31. The van der Waals surface area contributed by atoms with Crippen LogP contribution in [0.2, 0.25) is 0 Å². The molecule has 0 unspecified atom stereocenters. The van der Waals surface area contributed by atoms with Crippen LogP contribution in [0.4, 0.5) is 0 Å². The van der Waals surface area contributed by atoms with Crippen molar-refractivity contribution < 1.29 is 14.3 Å². The molecule has 168 valence electrons. The minimum Gasteiger partial charge on any atom is -0.483 e. The van der Waals surface area contributed by atoms with Gasteiger partial charge in [0.2, 0.25) is 5.91 Å². The molecule has 0 bridgehead atoms. The molecule has 0 aliphatic rings. The lowest BCUT2D eigenvalue weighted by Crippen LogP contribution is -2.49. The van der Waals surface area contributed by atoms with E-state index in [0.29, 0.717) is 18.8 Å². The van der Waals surface area contributed by atoms with Crippen molar-refractivity contribution in [3.8, 4) is 5.75 Å². The van der Waals surface area contributed by atoms with Crippen molar-refractivity contribution in [2.75, 3.05) is 13.2 Å². The molecule has 0 aromatic heterocycles. The van der Waals surface area contributed by atoms with Gasteiger partial charge in [-0.25, -0.2) is 0 Å². The van der Waals surface area contributed by atoms with E-state index in [1.165, 1.54) is 0 Å². The lowest BCUT2D eigenvalue weighted by Gasteiger charge is -2.29. The quantitative estimate of drug-likeness (QED) is 0.639. The number of hydrogen-bond acceptors (Lipinski definition) is 3. The molecule has 31 heavy (non-hydrogen) atoms. The van der Waals surface area contributed by atoms with E-state index >= 15 is 0 Å². The van der Waals surface area contributed by atoms with Crippen molar-refractivity contribution in [3.05, 3.63) is 65.2 Å². The highest BCUT2D eigenvalue weighted by Gasteiger charge is 2.27. The number of amides is 2. The van der Waals surface area contributed by atoms with Crippen LogP contribution in [-0.2, 0) is 21.5 Å². The van der Waals surface area contributed by atoms with Gasteiger partial charge in [0, 0.05) is 13.1 Å². The zero-order chi connectivity index (χ0) is 23.0. The average Bonchev–Trinajstić information content (AvgIpc) is 2.74. The van der Waals surface area contributed by atoms with Gasteiger partial charge in [0.25, 0.3) is 5.91 Å². The summed E-state index contributed by atoms with van der Waals surface area (Å²) in [6.45, 7) is 12.9. The molecule has 0 aliphatic heterocycles. The molecule has 0 saturated heterocycles. The van der Waals surface area contributed by atoms with E-state index in [0.717, 1.165) is 23.1 Å². The molecule has 1 N–H and O–H groups in total. The molecule has 1 atom stereocenters. The van der Waals surface area contributed by atoms with Crippen molar-refractivity contribution >= 4 is 11.8 Å². The number of aryl methyl sites for hydroxylation is 1. The Morgan fingerprint density at radius 2 is 1.71 bits per heavy atom. The maximum Gasteiger partial charge on any atom is 0.261 e.